The maximum Gasteiger partial charge on any atom is 0.206 e. The van der Waals surface area contributed by atoms with Crippen LogP contribution in [-0.2, 0) is 0 Å². The van der Waals surface area contributed by atoms with Gasteiger partial charge >= 0.3 is 0 Å². The number of rotatable bonds is 4. The Morgan fingerprint density at radius 3 is 2.72 bits per heavy atom. The standard InChI is InChI=1S/C12H9Cl2FN2O/c1-2-17-6-7(5-16)12(18)8-3-11(15)10(14)4-9(8)13/h3-4,6,17H,2H2,1H3. The minimum Gasteiger partial charge on any atom is -0.390 e. The van der Waals surface area contributed by atoms with Gasteiger partial charge in [0, 0.05) is 18.3 Å². The summed E-state index contributed by atoms with van der Waals surface area (Å²) in [6, 6.07) is 3.79. The molecule has 0 amide bonds. The zero-order chi connectivity index (χ0) is 13.7. The van der Waals surface area contributed by atoms with Crippen LogP contribution in [0.3, 0.4) is 0 Å². The van der Waals surface area contributed by atoms with E-state index >= 15 is 0 Å². The van der Waals surface area contributed by atoms with Crippen molar-refractivity contribution in [1.29, 1.82) is 5.26 Å². The van der Waals surface area contributed by atoms with E-state index in [1.54, 1.807) is 6.07 Å². The minimum absolute atomic E-state index is 0.00375. The lowest BCUT2D eigenvalue weighted by Gasteiger charge is -2.04. The summed E-state index contributed by atoms with van der Waals surface area (Å²) in [5.74, 6) is -1.41. The molecule has 0 aliphatic carbocycles. The number of hydrogen-bond donors (Lipinski definition) is 1. The lowest BCUT2D eigenvalue weighted by Crippen LogP contribution is -2.10. The summed E-state index contributed by atoms with van der Waals surface area (Å²) in [7, 11) is 0. The number of nitrogens with one attached hydrogen (secondary N) is 1. The molecule has 0 aliphatic heterocycles. The normalized spacial score (nSPS) is 10.9. The molecule has 3 nitrogen and oxygen atoms in total. The highest BCUT2D eigenvalue weighted by atomic mass is 35.5. The number of benzene rings is 1. The molecule has 0 spiro atoms. The molecule has 0 atom stereocenters. The predicted molar refractivity (Wildman–Crippen MR) is 68.1 cm³/mol. The van der Waals surface area contributed by atoms with Gasteiger partial charge in [0.1, 0.15) is 17.5 Å². The molecule has 6 heteroatoms. The summed E-state index contributed by atoms with van der Waals surface area (Å²) in [6.07, 6.45) is 1.27. The van der Waals surface area contributed by atoms with Crippen LogP contribution in [0.5, 0.6) is 0 Å². The number of nitrogens with zero attached hydrogens (tertiary/aromatic N) is 1. The van der Waals surface area contributed by atoms with E-state index in [0.29, 0.717) is 6.54 Å². The van der Waals surface area contributed by atoms with Crippen molar-refractivity contribution in [3.63, 3.8) is 0 Å². The van der Waals surface area contributed by atoms with Crippen LogP contribution in [0, 0.1) is 17.1 Å². The molecular weight excluding hydrogens is 278 g/mol. The summed E-state index contributed by atoms with van der Waals surface area (Å²) >= 11 is 11.3. The molecule has 0 aliphatic rings. The van der Waals surface area contributed by atoms with E-state index in [0.717, 1.165) is 12.1 Å². The predicted octanol–water partition coefficient (Wildman–Crippen LogP) is 3.33. The number of ketones is 1. The van der Waals surface area contributed by atoms with Gasteiger partial charge in [0.15, 0.2) is 0 Å². The first-order chi connectivity index (χ1) is 8.51. The van der Waals surface area contributed by atoms with Crippen LogP contribution in [0.25, 0.3) is 0 Å². The molecule has 0 aromatic heterocycles. The second-order valence-electron chi connectivity index (χ2n) is 3.30. The molecule has 0 saturated carbocycles. The fourth-order valence-electron chi connectivity index (χ4n) is 1.19. The molecule has 0 bridgehead atoms. The largest absolute Gasteiger partial charge is 0.390 e. The molecule has 0 unspecified atom stereocenters. The van der Waals surface area contributed by atoms with Crippen LogP contribution >= 0.6 is 23.2 Å². The Hall–Kier alpha value is -1.57. The molecule has 94 valence electrons. The number of nitriles is 1. The van der Waals surface area contributed by atoms with Crippen molar-refractivity contribution in [2.24, 2.45) is 0 Å². The molecule has 0 fully saturated rings. The van der Waals surface area contributed by atoms with Crippen LogP contribution in [0.15, 0.2) is 23.9 Å². The molecule has 0 saturated heterocycles. The zero-order valence-electron chi connectivity index (χ0n) is 9.43. The van der Waals surface area contributed by atoms with Gasteiger partial charge in [0.05, 0.1) is 10.0 Å². The number of Topliss-reactive ketones (excluding diaryl/α,β-unsaturated/α-hetero) is 1. The average molecular weight is 287 g/mol. The molecule has 0 radical (unpaired) electrons. The van der Waals surface area contributed by atoms with Crippen molar-refractivity contribution in [3.05, 3.63) is 45.3 Å². The van der Waals surface area contributed by atoms with Crippen LogP contribution in [0.2, 0.25) is 10.0 Å². The van der Waals surface area contributed by atoms with Gasteiger partial charge in [0.25, 0.3) is 0 Å². The van der Waals surface area contributed by atoms with Gasteiger partial charge in [-0.15, -0.1) is 0 Å². The van der Waals surface area contributed by atoms with Gasteiger partial charge in [-0.05, 0) is 19.1 Å². The Labute approximate surface area is 114 Å². The fraction of sp³-hybridized carbons (Fsp3) is 0.167. The van der Waals surface area contributed by atoms with E-state index in [4.69, 9.17) is 28.5 Å². The second-order valence-corrected chi connectivity index (χ2v) is 4.12. The van der Waals surface area contributed by atoms with E-state index in [9.17, 15) is 9.18 Å². The number of halogens is 3. The first-order valence-electron chi connectivity index (χ1n) is 5.04. The van der Waals surface area contributed by atoms with E-state index in [1.807, 2.05) is 6.92 Å². The Balaban J connectivity index is 3.19. The third kappa shape index (κ3) is 3.22. The number of carbonyl (C=O) groups excluding carboxylic acids is 1. The van der Waals surface area contributed by atoms with Crippen LogP contribution in [0.4, 0.5) is 4.39 Å². The molecule has 1 N–H and O–H groups in total. The van der Waals surface area contributed by atoms with Gasteiger partial charge in [-0.25, -0.2) is 4.39 Å². The third-order valence-electron chi connectivity index (χ3n) is 2.07. The molecule has 1 aromatic rings. The first-order valence-corrected chi connectivity index (χ1v) is 5.79. The Bertz CT molecular complexity index is 550. The van der Waals surface area contributed by atoms with Crippen LogP contribution in [-0.4, -0.2) is 12.3 Å². The van der Waals surface area contributed by atoms with Crippen LogP contribution < -0.4 is 5.32 Å². The maximum absolute atomic E-state index is 13.3. The van der Waals surface area contributed by atoms with Crippen molar-refractivity contribution in [1.82, 2.24) is 5.32 Å². The summed E-state index contributed by atoms with van der Waals surface area (Å²) in [6.45, 7) is 2.37. The highest BCUT2D eigenvalue weighted by molar-refractivity contribution is 6.37. The summed E-state index contributed by atoms with van der Waals surface area (Å²) in [5.41, 5.74) is -0.246. The summed E-state index contributed by atoms with van der Waals surface area (Å²) < 4.78 is 13.3. The monoisotopic (exact) mass is 286 g/mol. The highest BCUT2D eigenvalue weighted by Gasteiger charge is 2.17. The van der Waals surface area contributed by atoms with Gasteiger partial charge in [0.2, 0.25) is 5.78 Å². The van der Waals surface area contributed by atoms with Gasteiger partial charge < -0.3 is 5.32 Å². The SMILES string of the molecule is CCNC=C(C#N)C(=O)c1cc(F)c(Cl)cc1Cl. The summed E-state index contributed by atoms with van der Waals surface area (Å²) in [4.78, 5) is 11.9. The van der Waals surface area contributed by atoms with Crippen molar-refractivity contribution in [2.75, 3.05) is 6.54 Å². The Kier molecular flexibility index (Phi) is 5.14. The highest BCUT2D eigenvalue weighted by Crippen LogP contribution is 2.26. The smallest absolute Gasteiger partial charge is 0.206 e. The maximum atomic E-state index is 13.3. The Morgan fingerprint density at radius 1 is 1.50 bits per heavy atom. The zero-order valence-corrected chi connectivity index (χ0v) is 10.9. The van der Waals surface area contributed by atoms with Gasteiger partial charge in [-0.2, -0.15) is 5.26 Å². The minimum atomic E-state index is -0.759. The number of carbonyl (C=O) groups is 1. The van der Waals surface area contributed by atoms with E-state index in [1.165, 1.54) is 6.20 Å². The molecule has 18 heavy (non-hydrogen) atoms. The first kappa shape index (κ1) is 14.5. The van der Waals surface area contributed by atoms with E-state index in [2.05, 4.69) is 5.32 Å². The Morgan fingerprint density at radius 2 is 2.17 bits per heavy atom. The molecular formula is C12H9Cl2FN2O. The second kappa shape index (κ2) is 6.39. The average Bonchev–Trinajstić information content (AvgIpc) is 2.34. The van der Waals surface area contributed by atoms with Crippen molar-refractivity contribution < 1.29 is 9.18 Å². The van der Waals surface area contributed by atoms with Crippen molar-refractivity contribution in [3.8, 4) is 6.07 Å². The summed E-state index contributed by atoms with van der Waals surface area (Å²) in [5, 5.41) is 11.4. The number of allylic oxidation sites excluding steroid dienone is 1. The van der Waals surface area contributed by atoms with Crippen molar-refractivity contribution >= 4 is 29.0 Å². The van der Waals surface area contributed by atoms with E-state index < -0.39 is 11.6 Å². The van der Waals surface area contributed by atoms with Crippen molar-refractivity contribution in [2.45, 2.75) is 6.92 Å². The lowest BCUT2D eigenvalue weighted by molar-refractivity contribution is 0.103. The van der Waals surface area contributed by atoms with Crippen LogP contribution in [0.1, 0.15) is 17.3 Å². The van der Waals surface area contributed by atoms with Gasteiger partial charge in [-0.3, -0.25) is 4.79 Å². The molecule has 1 aromatic carbocycles. The van der Waals surface area contributed by atoms with E-state index in [-0.39, 0.29) is 21.2 Å². The third-order valence-corrected chi connectivity index (χ3v) is 2.67. The fourth-order valence-corrected chi connectivity index (χ4v) is 1.66. The lowest BCUT2D eigenvalue weighted by atomic mass is 10.0. The van der Waals surface area contributed by atoms with Gasteiger partial charge in [-0.1, -0.05) is 23.2 Å². The molecule has 0 heterocycles. The number of hydrogen-bond acceptors (Lipinski definition) is 3. The topological polar surface area (TPSA) is 52.9 Å². The molecule has 1 rings (SSSR count). The quantitative estimate of drug-likeness (QED) is 0.400.